The minimum absolute atomic E-state index is 0.0204. The van der Waals surface area contributed by atoms with Crippen molar-refractivity contribution in [3.63, 3.8) is 0 Å². The van der Waals surface area contributed by atoms with Gasteiger partial charge in [-0.2, -0.15) is 13.2 Å². The molecule has 0 spiro atoms. The van der Waals surface area contributed by atoms with Crippen molar-refractivity contribution < 1.29 is 22.9 Å². The summed E-state index contributed by atoms with van der Waals surface area (Å²) in [5, 5.41) is 12.8. The van der Waals surface area contributed by atoms with Crippen LogP contribution < -0.4 is 5.32 Å². The molecular weight excluding hydrogens is 241 g/mol. The van der Waals surface area contributed by atoms with Gasteiger partial charge in [0.2, 0.25) is 5.91 Å². The maximum Gasteiger partial charge on any atom is 0.423 e. The van der Waals surface area contributed by atoms with Crippen LogP contribution in [0.1, 0.15) is 11.1 Å². The molecule has 8 heteroatoms. The Balaban J connectivity index is 2.63. The highest BCUT2D eigenvalue weighted by molar-refractivity contribution is 5.99. The van der Waals surface area contributed by atoms with E-state index in [2.05, 4.69) is 5.32 Å². The molecule has 0 aromatic heterocycles. The second kappa shape index (κ2) is 3.44. The summed E-state index contributed by atoms with van der Waals surface area (Å²) in [6, 6.07) is 1.38. The van der Waals surface area contributed by atoms with Gasteiger partial charge in [-0.1, -0.05) is 0 Å². The van der Waals surface area contributed by atoms with Crippen LogP contribution in [-0.4, -0.2) is 10.8 Å². The minimum atomic E-state index is -4.83. The zero-order valence-electron chi connectivity index (χ0n) is 8.17. The van der Waals surface area contributed by atoms with E-state index in [0.29, 0.717) is 6.07 Å². The van der Waals surface area contributed by atoms with Gasteiger partial charge in [0, 0.05) is 11.8 Å². The van der Waals surface area contributed by atoms with E-state index in [1.807, 2.05) is 0 Å². The van der Waals surface area contributed by atoms with Gasteiger partial charge in [0.15, 0.2) is 0 Å². The molecule has 0 atom stereocenters. The molecule has 0 unspecified atom stereocenters. The first-order chi connectivity index (χ1) is 7.79. The Morgan fingerprint density at radius 3 is 2.53 bits per heavy atom. The first-order valence-corrected chi connectivity index (χ1v) is 4.47. The van der Waals surface area contributed by atoms with Crippen LogP contribution in [-0.2, 0) is 17.4 Å². The summed E-state index contributed by atoms with van der Waals surface area (Å²) in [4.78, 5) is 20.4. The van der Waals surface area contributed by atoms with Crippen molar-refractivity contribution in [2.45, 2.75) is 12.6 Å². The van der Waals surface area contributed by atoms with Crippen molar-refractivity contribution in [1.29, 1.82) is 0 Å². The number of nitro groups is 1. The largest absolute Gasteiger partial charge is 0.423 e. The number of hydrogen-bond acceptors (Lipinski definition) is 3. The fourth-order valence-corrected chi connectivity index (χ4v) is 1.64. The molecule has 0 fully saturated rings. The lowest BCUT2D eigenvalue weighted by molar-refractivity contribution is -0.388. The first kappa shape index (κ1) is 11.4. The summed E-state index contributed by atoms with van der Waals surface area (Å²) < 4.78 is 37.7. The van der Waals surface area contributed by atoms with E-state index in [-0.39, 0.29) is 17.7 Å². The number of nitro benzene ring substituents is 1. The summed E-state index contributed by atoms with van der Waals surface area (Å²) >= 11 is 0. The lowest BCUT2D eigenvalue weighted by Gasteiger charge is -2.09. The zero-order valence-corrected chi connectivity index (χ0v) is 8.17. The number of carbonyl (C=O) groups excluding carboxylic acids is 1. The molecule has 90 valence electrons. The normalized spacial score (nSPS) is 14.4. The van der Waals surface area contributed by atoms with Gasteiger partial charge in [0.05, 0.1) is 11.3 Å². The Morgan fingerprint density at radius 1 is 1.35 bits per heavy atom. The Bertz CT molecular complexity index is 525. The lowest BCUT2D eigenvalue weighted by Crippen LogP contribution is -2.09. The molecule has 0 radical (unpaired) electrons. The van der Waals surface area contributed by atoms with E-state index in [1.165, 1.54) is 0 Å². The van der Waals surface area contributed by atoms with Gasteiger partial charge >= 0.3 is 6.18 Å². The maximum absolute atomic E-state index is 12.6. The number of halogens is 3. The summed E-state index contributed by atoms with van der Waals surface area (Å²) in [5.41, 5.74) is -2.21. The number of benzene rings is 1. The van der Waals surface area contributed by atoms with Gasteiger partial charge in [-0.25, -0.2) is 0 Å². The molecule has 5 nitrogen and oxygen atoms in total. The SMILES string of the molecule is O=C1Cc2cc([N+](=O)[O-])c(C(F)(F)F)cc2N1. The fourth-order valence-electron chi connectivity index (χ4n) is 1.64. The lowest BCUT2D eigenvalue weighted by atomic mass is 10.1. The number of hydrogen-bond donors (Lipinski definition) is 1. The van der Waals surface area contributed by atoms with Crippen LogP contribution >= 0.6 is 0 Å². The molecule has 0 saturated carbocycles. The molecule has 1 aromatic carbocycles. The van der Waals surface area contributed by atoms with Gasteiger partial charge in [-0.15, -0.1) is 0 Å². The van der Waals surface area contributed by atoms with Crippen molar-refractivity contribution in [2.75, 3.05) is 5.32 Å². The quantitative estimate of drug-likeness (QED) is 0.609. The highest BCUT2D eigenvalue weighted by Crippen LogP contribution is 2.40. The molecule has 1 aliphatic heterocycles. The third kappa shape index (κ3) is 1.93. The molecule has 1 amide bonds. The van der Waals surface area contributed by atoms with Crippen LogP contribution in [0.3, 0.4) is 0 Å². The summed E-state index contributed by atoms with van der Waals surface area (Å²) in [6.07, 6.45) is -4.97. The van der Waals surface area contributed by atoms with E-state index in [0.717, 1.165) is 6.07 Å². The van der Waals surface area contributed by atoms with Crippen molar-refractivity contribution >= 4 is 17.3 Å². The number of rotatable bonds is 1. The first-order valence-electron chi connectivity index (χ1n) is 4.47. The number of nitrogens with one attached hydrogen (secondary N) is 1. The Morgan fingerprint density at radius 2 is 2.00 bits per heavy atom. The topological polar surface area (TPSA) is 72.2 Å². The molecule has 2 rings (SSSR count). The third-order valence-corrected chi connectivity index (χ3v) is 2.35. The van der Waals surface area contributed by atoms with E-state index in [4.69, 9.17) is 0 Å². The van der Waals surface area contributed by atoms with E-state index >= 15 is 0 Å². The summed E-state index contributed by atoms with van der Waals surface area (Å²) in [6.45, 7) is 0. The second-order valence-corrected chi connectivity index (χ2v) is 3.51. The second-order valence-electron chi connectivity index (χ2n) is 3.51. The molecule has 1 heterocycles. The van der Waals surface area contributed by atoms with Crippen LogP contribution in [0.5, 0.6) is 0 Å². The van der Waals surface area contributed by atoms with Gasteiger partial charge in [-0.05, 0) is 11.6 Å². The number of alkyl halides is 3. The maximum atomic E-state index is 12.6. The monoisotopic (exact) mass is 246 g/mol. The molecule has 1 N–H and O–H groups in total. The average Bonchev–Trinajstić information content (AvgIpc) is 2.53. The number of fused-ring (bicyclic) bond motifs is 1. The number of nitrogens with zero attached hydrogens (tertiary/aromatic N) is 1. The van der Waals surface area contributed by atoms with Crippen molar-refractivity contribution in [3.05, 3.63) is 33.4 Å². The molecule has 1 aromatic rings. The molecule has 0 saturated heterocycles. The summed E-state index contributed by atoms with van der Waals surface area (Å²) in [7, 11) is 0. The smallest absolute Gasteiger partial charge is 0.326 e. The highest BCUT2D eigenvalue weighted by Gasteiger charge is 2.40. The standard InChI is InChI=1S/C9H5F3N2O3/c10-9(11,12)5-3-6-4(2-8(15)13-6)1-7(5)14(16)17/h1,3H,2H2,(H,13,15). The number of anilines is 1. The van der Waals surface area contributed by atoms with E-state index < -0.39 is 28.3 Å². The predicted molar refractivity (Wildman–Crippen MR) is 50.4 cm³/mol. The molecule has 1 aliphatic rings. The van der Waals surface area contributed by atoms with Crippen molar-refractivity contribution in [3.8, 4) is 0 Å². The van der Waals surface area contributed by atoms with Gasteiger partial charge in [0.25, 0.3) is 5.69 Å². The average molecular weight is 246 g/mol. The molecular formula is C9H5F3N2O3. The van der Waals surface area contributed by atoms with Crippen LogP contribution in [0.2, 0.25) is 0 Å². The van der Waals surface area contributed by atoms with Crippen LogP contribution in [0, 0.1) is 10.1 Å². The Labute approximate surface area is 92.4 Å². The minimum Gasteiger partial charge on any atom is -0.326 e. The van der Waals surface area contributed by atoms with Crippen LogP contribution in [0.15, 0.2) is 12.1 Å². The Hall–Kier alpha value is -2.12. The van der Waals surface area contributed by atoms with E-state index in [1.54, 1.807) is 0 Å². The zero-order chi connectivity index (χ0) is 12.8. The molecule has 0 bridgehead atoms. The third-order valence-electron chi connectivity index (χ3n) is 2.35. The van der Waals surface area contributed by atoms with Gasteiger partial charge in [-0.3, -0.25) is 14.9 Å². The van der Waals surface area contributed by atoms with Crippen molar-refractivity contribution in [2.24, 2.45) is 0 Å². The molecule has 0 aliphatic carbocycles. The Kier molecular flexibility index (Phi) is 2.30. The fraction of sp³-hybridized carbons (Fsp3) is 0.222. The van der Waals surface area contributed by atoms with E-state index in [9.17, 15) is 28.1 Å². The number of carbonyl (C=O) groups is 1. The predicted octanol–water partition coefficient (Wildman–Crippen LogP) is 2.11. The summed E-state index contributed by atoms with van der Waals surface area (Å²) in [5.74, 6) is -0.478. The van der Waals surface area contributed by atoms with Crippen LogP contribution in [0.25, 0.3) is 0 Å². The van der Waals surface area contributed by atoms with Gasteiger partial charge in [0.1, 0.15) is 5.56 Å². The van der Waals surface area contributed by atoms with Crippen molar-refractivity contribution in [1.82, 2.24) is 0 Å². The highest BCUT2D eigenvalue weighted by atomic mass is 19.4. The van der Waals surface area contributed by atoms with Gasteiger partial charge < -0.3 is 5.32 Å². The van der Waals surface area contributed by atoms with Crippen LogP contribution in [0.4, 0.5) is 24.5 Å². The molecule has 17 heavy (non-hydrogen) atoms. The number of amides is 1.